The summed E-state index contributed by atoms with van der Waals surface area (Å²) < 4.78 is 0. The Morgan fingerprint density at radius 3 is 2.52 bits per heavy atom. The van der Waals surface area contributed by atoms with E-state index in [4.69, 9.17) is 0 Å². The van der Waals surface area contributed by atoms with Crippen molar-refractivity contribution in [2.45, 2.75) is 83.3 Å². The van der Waals surface area contributed by atoms with Crippen LogP contribution in [0.15, 0.2) is 0 Å². The highest BCUT2D eigenvalue weighted by Gasteiger charge is 2.35. The van der Waals surface area contributed by atoms with Crippen molar-refractivity contribution in [3.63, 3.8) is 0 Å². The first-order chi connectivity index (χ1) is 10.1. The average molecular weight is 295 g/mol. The molecule has 2 unspecified atom stereocenters. The van der Waals surface area contributed by atoms with Gasteiger partial charge in [-0.3, -0.25) is 4.79 Å². The minimum Gasteiger partial charge on any atom is -0.352 e. The molecule has 3 amide bonds. The van der Waals surface area contributed by atoms with Crippen LogP contribution in [0.25, 0.3) is 0 Å². The molecule has 2 N–H and O–H groups in total. The zero-order valence-electron chi connectivity index (χ0n) is 13.4. The molecule has 0 bridgehead atoms. The van der Waals surface area contributed by atoms with Gasteiger partial charge < -0.3 is 15.5 Å². The Labute approximate surface area is 127 Å². The van der Waals surface area contributed by atoms with Crippen LogP contribution < -0.4 is 10.6 Å². The SMILES string of the molecule is CCC(C)NC(=O)N1CCCC1C(=O)NC1CCCCC1. The molecule has 2 rings (SSSR count). The minimum absolute atomic E-state index is 0.0405. The molecule has 2 aliphatic rings. The molecule has 0 aromatic heterocycles. The Morgan fingerprint density at radius 1 is 1.14 bits per heavy atom. The second kappa shape index (κ2) is 7.66. The van der Waals surface area contributed by atoms with Crippen LogP contribution in [-0.4, -0.2) is 41.5 Å². The number of hydrogen-bond donors (Lipinski definition) is 2. The van der Waals surface area contributed by atoms with Crippen molar-refractivity contribution in [3.05, 3.63) is 0 Å². The van der Waals surface area contributed by atoms with Crippen LogP contribution in [0.3, 0.4) is 0 Å². The van der Waals surface area contributed by atoms with E-state index in [2.05, 4.69) is 10.6 Å². The maximum atomic E-state index is 12.5. The van der Waals surface area contributed by atoms with Crippen molar-refractivity contribution in [2.75, 3.05) is 6.54 Å². The summed E-state index contributed by atoms with van der Waals surface area (Å²) in [6, 6.07) is 0.0908. The number of nitrogens with zero attached hydrogens (tertiary/aromatic N) is 1. The molecule has 1 heterocycles. The molecule has 2 fully saturated rings. The summed E-state index contributed by atoms with van der Waals surface area (Å²) in [5.74, 6) is 0.0405. The fourth-order valence-electron chi connectivity index (χ4n) is 3.22. The molecule has 0 spiro atoms. The van der Waals surface area contributed by atoms with Gasteiger partial charge in [-0.15, -0.1) is 0 Å². The Morgan fingerprint density at radius 2 is 1.86 bits per heavy atom. The standard InChI is InChI=1S/C16H29N3O2/c1-3-12(2)17-16(21)19-11-7-10-14(19)15(20)18-13-8-5-4-6-9-13/h12-14H,3-11H2,1-2H3,(H,17,21)(H,18,20). The monoisotopic (exact) mass is 295 g/mol. The molecule has 1 saturated carbocycles. The summed E-state index contributed by atoms with van der Waals surface area (Å²) in [5.41, 5.74) is 0. The zero-order chi connectivity index (χ0) is 15.2. The van der Waals surface area contributed by atoms with E-state index in [1.807, 2.05) is 13.8 Å². The average Bonchev–Trinajstić information content (AvgIpc) is 2.97. The second-order valence-corrected chi connectivity index (χ2v) is 6.45. The summed E-state index contributed by atoms with van der Waals surface area (Å²) >= 11 is 0. The first-order valence-corrected chi connectivity index (χ1v) is 8.49. The van der Waals surface area contributed by atoms with Gasteiger partial charge in [0.2, 0.25) is 5.91 Å². The van der Waals surface area contributed by atoms with E-state index < -0.39 is 0 Å². The molecule has 5 nitrogen and oxygen atoms in total. The van der Waals surface area contributed by atoms with E-state index >= 15 is 0 Å². The first-order valence-electron chi connectivity index (χ1n) is 8.49. The lowest BCUT2D eigenvalue weighted by Crippen LogP contribution is -2.52. The summed E-state index contributed by atoms with van der Waals surface area (Å²) in [7, 11) is 0. The van der Waals surface area contributed by atoms with Gasteiger partial charge in [-0.1, -0.05) is 26.2 Å². The minimum atomic E-state index is -0.281. The molecular weight excluding hydrogens is 266 g/mol. The lowest BCUT2D eigenvalue weighted by Gasteiger charge is -2.29. The second-order valence-electron chi connectivity index (χ2n) is 6.45. The maximum Gasteiger partial charge on any atom is 0.318 e. The van der Waals surface area contributed by atoms with E-state index in [0.29, 0.717) is 12.6 Å². The van der Waals surface area contributed by atoms with Crippen LogP contribution in [0, 0.1) is 0 Å². The zero-order valence-corrected chi connectivity index (χ0v) is 13.4. The van der Waals surface area contributed by atoms with E-state index in [1.54, 1.807) is 4.90 Å². The lowest BCUT2D eigenvalue weighted by molar-refractivity contribution is -0.125. The summed E-state index contributed by atoms with van der Waals surface area (Å²) in [5, 5.41) is 6.12. The molecule has 2 atom stereocenters. The Balaban J connectivity index is 1.87. The number of carbonyl (C=O) groups excluding carboxylic acids is 2. The Bertz CT molecular complexity index is 367. The quantitative estimate of drug-likeness (QED) is 0.836. The van der Waals surface area contributed by atoms with Crippen molar-refractivity contribution >= 4 is 11.9 Å². The van der Waals surface area contributed by atoms with Gasteiger partial charge in [0.25, 0.3) is 0 Å². The third kappa shape index (κ3) is 4.35. The fourth-order valence-corrected chi connectivity index (χ4v) is 3.22. The van der Waals surface area contributed by atoms with Crippen molar-refractivity contribution in [1.29, 1.82) is 0 Å². The molecule has 0 aromatic carbocycles. The van der Waals surface area contributed by atoms with Gasteiger partial charge in [0.05, 0.1) is 0 Å². The number of carbonyl (C=O) groups is 2. The molecule has 1 aliphatic carbocycles. The van der Waals surface area contributed by atoms with Crippen molar-refractivity contribution < 1.29 is 9.59 Å². The van der Waals surface area contributed by atoms with Crippen LogP contribution in [-0.2, 0) is 4.79 Å². The predicted octanol–water partition coefficient (Wildman–Crippen LogP) is 2.41. The molecule has 0 aromatic rings. The molecule has 21 heavy (non-hydrogen) atoms. The van der Waals surface area contributed by atoms with E-state index in [9.17, 15) is 9.59 Å². The van der Waals surface area contributed by atoms with Gasteiger partial charge in [-0.2, -0.15) is 0 Å². The Kier molecular flexibility index (Phi) is 5.88. The van der Waals surface area contributed by atoms with Gasteiger partial charge in [0, 0.05) is 18.6 Å². The van der Waals surface area contributed by atoms with E-state index in [1.165, 1.54) is 19.3 Å². The highest BCUT2D eigenvalue weighted by Crippen LogP contribution is 2.21. The van der Waals surface area contributed by atoms with Gasteiger partial charge in [-0.05, 0) is 39.0 Å². The number of urea groups is 1. The molecule has 120 valence electrons. The molecule has 5 heteroatoms. The fraction of sp³-hybridized carbons (Fsp3) is 0.875. The van der Waals surface area contributed by atoms with Gasteiger partial charge >= 0.3 is 6.03 Å². The summed E-state index contributed by atoms with van der Waals surface area (Å²) in [6.07, 6.45) is 8.44. The highest BCUT2D eigenvalue weighted by atomic mass is 16.2. The van der Waals surface area contributed by atoms with Crippen molar-refractivity contribution in [3.8, 4) is 0 Å². The first kappa shape index (κ1) is 16.1. The third-order valence-corrected chi connectivity index (χ3v) is 4.75. The van der Waals surface area contributed by atoms with Crippen LogP contribution in [0.1, 0.15) is 65.2 Å². The van der Waals surface area contributed by atoms with Gasteiger partial charge in [0.1, 0.15) is 6.04 Å². The lowest BCUT2D eigenvalue weighted by atomic mass is 9.95. The van der Waals surface area contributed by atoms with Crippen LogP contribution in [0.5, 0.6) is 0 Å². The van der Waals surface area contributed by atoms with Crippen LogP contribution >= 0.6 is 0 Å². The predicted molar refractivity (Wildman–Crippen MR) is 83.0 cm³/mol. The number of nitrogens with one attached hydrogen (secondary N) is 2. The molecule has 1 aliphatic heterocycles. The summed E-state index contributed by atoms with van der Waals surface area (Å²) in [6.45, 7) is 4.72. The summed E-state index contributed by atoms with van der Waals surface area (Å²) in [4.78, 5) is 26.4. The third-order valence-electron chi connectivity index (χ3n) is 4.75. The number of amides is 3. The van der Waals surface area contributed by atoms with Crippen molar-refractivity contribution in [1.82, 2.24) is 15.5 Å². The van der Waals surface area contributed by atoms with Crippen molar-refractivity contribution in [2.24, 2.45) is 0 Å². The molecule has 1 saturated heterocycles. The molecular formula is C16H29N3O2. The van der Waals surface area contributed by atoms with Crippen LogP contribution in [0.2, 0.25) is 0 Å². The number of rotatable bonds is 4. The topological polar surface area (TPSA) is 61.4 Å². The largest absolute Gasteiger partial charge is 0.352 e. The number of likely N-dealkylation sites (tertiary alicyclic amines) is 1. The van der Waals surface area contributed by atoms with E-state index in [0.717, 1.165) is 32.1 Å². The normalized spacial score (nSPS) is 24.7. The number of hydrogen-bond acceptors (Lipinski definition) is 2. The van der Waals surface area contributed by atoms with Gasteiger partial charge in [0.15, 0.2) is 0 Å². The Hall–Kier alpha value is -1.26. The van der Waals surface area contributed by atoms with Crippen LogP contribution in [0.4, 0.5) is 4.79 Å². The highest BCUT2D eigenvalue weighted by molar-refractivity contribution is 5.87. The van der Waals surface area contributed by atoms with E-state index in [-0.39, 0.29) is 24.0 Å². The smallest absolute Gasteiger partial charge is 0.318 e. The maximum absolute atomic E-state index is 12.5. The molecule has 0 radical (unpaired) electrons. The van der Waals surface area contributed by atoms with Gasteiger partial charge in [-0.25, -0.2) is 4.79 Å².